The van der Waals surface area contributed by atoms with Crippen LogP contribution in [0.1, 0.15) is 11.1 Å². The van der Waals surface area contributed by atoms with Crippen LogP contribution in [0.4, 0.5) is 11.6 Å². The van der Waals surface area contributed by atoms with Crippen molar-refractivity contribution in [2.45, 2.75) is 13.1 Å². The van der Waals surface area contributed by atoms with Crippen molar-refractivity contribution in [1.29, 1.82) is 0 Å². The van der Waals surface area contributed by atoms with E-state index in [1.165, 1.54) is 11.1 Å². The van der Waals surface area contributed by atoms with Gasteiger partial charge in [0, 0.05) is 36.4 Å². The van der Waals surface area contributed by atoms with Gasteiger partial charge in [-0.3, -0.25) is 0 Å². The molecule has 5 rings (SSSR count). The predicted molar refractivity (Wildman–Crippen MR) is 104 cm³/mol. The van der Waals surface area contributed by atoms with E-state index >= 15 is 0 Å². The Hall–Kier alpha value is -3.61. The van der Waals surface area contributed by atoms with E-state index in [0.717, 1.165) is 41.2 Å². The Morgan fingerprint density at radius 3 is 2.81 bits per heavy atom. The SMILES string of the molecule is COc1ccc2c(c1)CN(c1nccc(-n3ncc4cc(N)ccc43)n1)C2. The summed E-state index contributed by atoms with van der Waals surface area (Å²) in [6.07, 6.45) is 3.57. The minimum absolute atomic E-state index is 0.682. The lowest BCUT2D eigenvalue weighted by Gasteiger charge is -2.15. The summed E-state index contributed by atoms with van der Waals surface area (Å²) in [5.74, 6) is 2.28. The zero-order chi connectivity index (χ0) is 18.4. The number of hydrogen-bond acceptors (Lipinski definition) is 6. The van der Waals surface area contributed by atoms with Crippen molar-refractivity contribution < 1.29 is 4.74 Å². The van der Waals surface area contributed by atoms with Crippen LogP contribution in [0.25, 0.3) is 16.7 Å². The van der Waals surface area contributed by atoms with Gasteiger partial charge in [-0.25, -0.2) is 9.67 Å². The molecule has 3 heterocycles. The van der Waals surface area contributed by atoms with Gasteiger partial charge in [0.25, 0.3) is 0 Å². The quantitative estimate of drug-likeness (QED) is 0.567. The molecule has 2 N–H and O–H groups in total. The molecular formula is C20H18N6O. The molecule has 0 aliphatic carbocycles. The molecule has 0 spiro atoms. The fraction of sp³-hybridized carbons (Fsp3) is 0.150. The van der Waals surface area contributed by atoms with E-state index in [1.54, 1.807) is 19.5 Å². The average Bonchev–Trinajstić information content (AvgIpc) is 3.31. The molecule has 7 nitrogen and oxygen atoms in total. The van der Waals surface area contributed by atoms with E-state index in [2.05, 4.69) is 27.1 Å². The van der Waals surface area contributed by atoms with Crippen LogP contribution in [0, 0.1) is 0 Å². The highest BCUT2D eigenvalue weighted by Gasteiger charge is 2.22. The number of fused-ring (bicyclic) bond motifs is 2. The maximum absolute atomic E-state index is 5.86. The number of nitrogen functional groups attached to an aromatic ring is 1. The molecule has 0 amide bonds. The maximum atomic E-state index is 5.86. The first-order valence-electron chi connectivity index (χ1n) is 8.69. The van der Waals surface area contributed by atoms with Gasteiger partial charge in [0.1, 0.15) is 5.75 Å². The summed E-state index contributed by atoms with van der Waals surface area (Å²) >= 11 is 0. The molecule has 134 valence electrons. The summed E-state index contributed by atoms with van der Waals surface area (Å²) in [4.78, 5) is 11.4. The van der Waals surface area contributed by atoms with E-state index in [4.69, 9.17) is 15.5 Å². The molecule has 2 aromatic carbocycles. The smallest absolute Gasteiger partial charge is 0.227 e. The molecule has 7 heteroatoms. The first-order chi connectivity index (χ1) is 13.2. The molecule has 0 fully saturated rings. The lowest BCUT2D eigenvalue weighted by atomic mass is 10.1. The number of aromatic nitrogens is 4. The maximum Gasteiger partial charge on any atom is 0.227 e. The Balaban J connectivity index is 1.49. The van der Waals surface area contributed by atoms with Crippen LogP contribution in [0.2, 0.25) is 0 Å². The minimum atomic E-state index is 0.682. The van der Waals surface area contributed by atoms with Crippen LogP contribution in [0.3, 0.4) is 0 Å². The number of methoxy groups -OCH3 is 1. The van der Waals surface area contributed by atoms with Crippen molar-refractivity contribution in [2.75, 3.05) is 17.7 Å². The Bertz CT molecular complexity index is 1150. The van der Waals surface area contributed by atoms with E-state index < -0.39 is 0 Å². The van der Waals surface area contributed by atoms with E-state index in [-0.39, 0.29) is 0 Å². The van der Waals surface area contributed by atoms with Gasteiger partial charge >= 0.3 is 0 Å². The van der Waals surface area contributed by atoms with E-state index in [0.29, 0.717) is 5.95 Å². The molecule has 0 saturated heterocycles. The Morgan fingerprint density at radius 1 is 1.04 bits per heavy atom. The van der Waals surface area contributed by atoms with E-state index in [9.17, 15) is 0 Å². The number of nitrogens with zero attached hydrogens (tertiary/aromatic N) is 5. The molecular weight excluding hydrogens is 340 g/mol. The predicted octanol–water partition coefficient (Wildman–Crippen LogP) is 2.93. The molecule has 0 saturated carbocycles. The van der Waals surface area contributed by atoms with Crippen LogP contribution in [0.5, 0.6) is 5.75 Å². The van der Waals surface area contributed by atoms with Crippen molar-refractivity contribution >= 4 is 22.5 Å². The normalized spacial score (nSPS) is 13.1. The van der Waals surface area contributed by atoms with Gasteiger partial charge in [-0.05, 0) is 41.5 Å². The second-order valence-corrected chi connectivity index (χ2v) is 6.58. The fourth-order valence-corrected chi connectivity index (χ4v) is 3.48. The summed E-state index contributed by atoms with van der Waals surface area (Å²) in [5, 5.41) is 5.45. The molecule has 2 aromatic heterocycles. The Kier molecular flexibility index (Phi) is 3.46. The molecule has 4 aromatic rings. The molecule has 1 aliphatic rings. The van der Waals surface area contributed by atoms with Crippen molar-refractivity contribution in [2.24, 2.45) is 0 Å². The second kappa shape index (κ2) is 5.98. The average molecular weight is 358 g/mol. The lowest BCUT2D eigenvalue weighted by Crippen LogP contribution is -2.18. The monoisotopic (exact) mass is 358 g/mol. The zero-order valence-corrected chi connectivity index (χ0v) is 14.8. The first kappa shape index (κ1) is 15.6. The van der Waals surface area contributed by atoms with Crippen molar-refractivity contribution in [3.63, 3.8) is 0 Å². The van der Waals surface area contributed by atoms with Gasteiger partial charge < -0.3 is 15.4 Å². The minimum Gasteiger partial charge on any atom is -0.497 e. The topological polar surface area (TPSA) is 82.1 Å². The number of anilines is 2. The molecule has 0 radical (unpaired) electrons. The van der Waals surface area contributed by atoms with Gasteiger partial charge in [0.15, 0.2) is 5.82 Å². The number of rotatable bonds is 3. The van der Waals surface area contributed by atoms with Crippen molar-refractivity contribution in [3.05, 3.63) is 66.0 Å². The third kappa shape index (κ3) is 2.64. The summed E-state index contributed by atoms with van der Waals surface area (Å²) in [6.45, 7) is 1.53. The van der Waals surface area contributed by atoms with Crippen LogP contribution < -0.4 is 15.4 Å². The van der Waals surface area contributed by atoms with Crippen LogP contribution in [0.15, 0.2) is 54.9 Å². The summed E-state index contributed by atoms with van der Waals surface area (Å²) in [7, 11) is 1.68. The zero-order valence-electron chi connectivity index (χ0n) is 14.8. The van der Waals surface area contributed by atoms with Gasteiger partial charge in [-0.1, -0.05) is 6.07 Å². The molecule has 0 bridgehead atoms. The Morgan fingerprint density at radius 2 is 1.93 bits per heavy atom. The van der Waals surface area contributed by atoms with Gasteiger partial charge in [0.05, 0.1) is 18.8 Å². The highest BCUT2D eigenvalue weighted by atomic mass is 16.5. The second-order valence-electron chi connectivity index (χ2n) is 6.58. The largest absolute Gasteiger partial charge is 0.497 e. The van der Waals surface area contributed by atoms with Crippen LogP contribution in [-0.4, -0.2) is 26.9 Å². The summed E-state index contributed by atoms with van der Waals surface area (Å²) in [6, 6.07) is 13.8. The van der Waals surface area contributed by atoms with Crippen LogP contribution >= 0.6 is 0 Å². The van der Waals surface area contributed by atoms with Crippen LogP contribution in [-0.2, 0) is 13.1 Å². The van der Waals surface area contributed by atoms with Crippen molar-refractivity contribution in [1.82, 2.24) is 19.7 Å². The number of nitrogens with two attached hydrogens (primary N) is 1. The van der Waals surface area contributed by atoms with Gasteiger partial charge in [-0.2, -0.15) is 10.1 Å². The standard InChI is InChI=1S/C20H18N6O/c1-27-17-4-2-13-11-25(12-15(13)9-17)20-22-7-6-19(24-20)26-18-5-3-16(21)8-14(18)10-23-26/h2-10H,11-12,21H2,1H3. The first-order valence-corrected chi connectivity index (χ1v) is 8.69. The highest BCUT2D eigenvalue weighted by Crippen LogP contribution is 2.29. The third-order valence-corrected chi connectivity index (χ3v) is 4.86. The van der Waals surface area contributed by atoms with E-state index in [1.807, 2.05) is 35.0 Å². The number of hydrogen-bond donors (Lipinski definition) is 1. The molecule has 0 unspecified atom stereocenters. The van der Waals surface area contributed by atoms with Gasteiger partial charge in [-0.15, -0.1) is 0 Å². The number of benzene rings is 2. The summed E-state index contributed by atoms with van der Waals surface area (Å²) in [5.41, 5.74) is 10.1. The molecule has 0 atom stereocenters. The summed E-state index contributed by atoms with van der Waals surface area (Å²) < 4.78 is 7.14. The molecule has 27 heavy (non-hydrogen) atoms. The molecule has 1 aliphatic heterocycles. The highest BCUT2D eigenvalue weighted by molar-refractivity contribution is 5.83. The Labute approximate surface area is 156 Å². The number of ether oxygens (including phenoxy) is 1. The van der Waals surface area contributed by atoms with Gasteiger partial charge in [0.2, 0.25) is 5.95 Å². The third-order valence-electron chi connectivity index (χ3n) is 4.86. The van der Waals surface area contributed by atoms with Crippen molar-refractivity contribution in [3.8, 4) is 11.6 Å². The lowest BCUT2D eigenvalue weighted by molar-refractivity contribution is 0.414. The fourth-order valence-electron chi connectivity index (χ4n) is 3.48.